The molecule has 7 nitrogen and oxygen atoms in total. The van der Waals surface area contributed by atoms with Crippen molar-refractivity contribution in [3.05, 3.63) is 41.6 Å². The number of anilines is 1. The van der Waals surface area contributed by atoms with Gasteiger partial charge in [0.1, 0.15) is 5.82 Å². The molecule has 2 rings (SSSR count). The lowest BCUT2D eigenvalue weighted by atomic mass is 10.1. The number of nitrogens with two attached hydrogens (primary N) is 1. The number of pyridine rings is 1. The number of nitrogens with one attached hydrogen (secondary N) is 1. The Hall–Kier alpha value is -2.96. The van der Waals surface area contributed by atoms with E-state index in [-0.39, 0.29) is 5.91 Å². The minimum atomic E-state index is -0.244. The Morgan fingerprint density at radius 3 is 2.26 bits per heavy atom. The summed E-state index contributed by atoms with van der Waals surface area (Å²) in [6, 6.07) is 6.76. The molecule has 3 N–H and O–H groups in total. The van der Waals surface area contributed by atoms with Crippen molar-refractivity contribution < 1.29 is 19.0 Å². The number of aromatic nitrogens is 1. The fourth-order valence-corrected chi connectivity index (χ4v) is 2.06. The number of nitrogens with zero attached hydrogens (tertiary/aromatic N) is 1. The van der Waals surface area contributed by atoms with Gasteiger partial charge in [0.2, 0.25) is 5.75 Å². The maximum atomic E-state index is 12.1. The minimum Gasteiger partial charge on any atom is -0.493 e. The van der Waals surface area contributed by atoms with Crippen LogP contribution in [0.15, 0.2) is 30.5 Å². The molecule has 0 bridgehead atoms. The van der Waals surface area contributed by atoms with E-state index in [9.17, 15) is 4.79 Å². The Kier molecular flexibility index (Phi) is 5.24. The van der Waals surface area contributed by atoms with E-state index in [1.54, 1.807) is 38.5 Å². The summed E-state index contributed by atoms with van der Waals surface area (Å²) in [4.78, 5) is 16.0. The number of benzene rings is 1. The van der Waals surface area contributed by atoms with Gasteiger partial charge in [-0.15, -0.1) is 0 Å². The van der Waals surface area contributed by atoms with Gasteiger partial charge in [0.05, 0.1) is 26.9 Å². The molecule has 1 aromatic heterocycles. The number of carbonyl (C=O) groups excluding carboxylic acids is 1. The molecule has 1 heterocycles. The van der Waals surface area contributed by atoms with Gasteiger partial charge in [-0.1, -0.05) is 0 Å². The van der Waals surface area contributed by atoms with Crippen LogP contribution < -0.4 is 25.3 Å². The summed E-state index contributed by atoms with van der Waals surface area (Å²) in [5.41, 5.74) is 6.75. The molecule has 0 aliphatic rings. The third-order valence-electron chi connectivity index (χ3n) is 3.23. The molecule has 122 valence electrons. The predicted octanol–water partition coefficient (Wildman–Crippen LogP) is 1.62. The quantitative estimate of drug-likeness (QED) is 0.840. The Morgan fingerprint density at radius 1 is 1.13 bits per heavy atom. The average Bonchev–Trinajstić information content (AvgIpc) is 2.59. The van der Waals surface area contributed by atoms with E-state index >= 15 is 0 Å². The molecule has 0 radical (unpaired) electrons. The standard InChI is InChI=1S/C16H19N3O4/c1-21-12-6-10(7-13(22-2)15(12)23-3)8-19-16(20)11-4-5-14(17)18-9-11/h4-7,9H,8H2,1-3H3,(H2,17,18)(H,19,20). The Labute approximate surface area is 134 Å². The fraction of sp³-hybridized carbons (Fsp3) is 0.250. The van der Waals surface area contributed by atoms with Crippen LogP contribution >= 0.6 is 0 Å². The van der Waals surface area contributed by atoms with Gasteiger partial charge >= 0.3 is 0 Å². The maximum absolute atomic E-state index is 12.1. The van der Waals surface area contributed by atoms with Crippen molar-refractivity contribution in [2.45, 2.75) is 6.54 Å². The zero-order chi connectivity index (χ0) is 16.8. The molecule has 0 aliphatic carbocycles. The van der Waals surface area contributed by atoms with Crippen LogP contribution in [0.2, 0.25) is 0 Å². The van der Waals surface area contributed by atoms with Crippen molar-refractivity contribution in [1.29, 1.82) is 0 Å². The van der Waals surface area contributed by atoms with Gasteiger partial charge in [0, 0.05) is 12.7 Å². The second kappa shape index (κ2) is 7.35. The van der Waals surface area contributed by atoms with E-state index in [1.165, 1.54) is 13.3 Å². The summed E-state index contributed by atoms with van der Waals surface area (Å²) in [5.74, 6) is 1.70. The van der Waals surface area contributed by atoms with Crippen LogP contribution in [0.25, 0.3) is 0 Å². The Morgan fingerprint density at radius 2 is 1.78 bits per heavy atom. The predicted molar refractivity (Wildman–Crippen MR) is 85.9 cm³/mol. The Balaban J connectivity index is 2.13. The van der Waals surface area contributed by atoms with E-state index in [1.807, 2.05) is 0 Å². The monoisotopic (exact) mass is 317 g/mol. The van der Waals surface area contributed by atoms with E-state index in [2.05, 4.69) is 10.3 Å². The fourth-order valence-electron chi connectivity index (χ4n) is 2.06. The summed E-state index contributed by atoms with van der Waals surface area (Å²) in [7, 11) is 4.62. The summed E-state index contributed by atoms with van der Waals surface area (Å²) in [5, 5.41) is 2.80. The van der Waals surface area contributed by atoms with Gasteiger partial charge in [-0.05, 0) is 29.8 Å². The SMILES string of the molecule is COc1cc(CNC(=O)c2ccc(N)nc2)cc(OC)c1OC. The lowest BCUT2D eigenvalue weighted by Crippen LogP contribution is -2.23. The number of ether oxygens (including phenoxy) is 3. The van der Waals surface area contributed by atoms with Crippen molar-refractivity contribution in [3.8, 4) is 17.2 Å². The number of rotatable bonds is 6. The zero-order valence-corrected chi connectivity index (χ0v) is 13.3. The first-order valence-corrected chi connectivity index (χ1v) is 6.87. The van der Waals surface area contributed by atoms with E-state index in [0.717, 1.165) is 5.56 Å². The largest absolute Gasteiger partial charge is 0.493 e. The number of carbonyl (C=O) groups is 1. The van der Waals surface area contributed by atoms with E-state index in [0.29, 0.717) is 35.2 Å². The minimum absolute atomic E-state index is 0.244. The van der Waals surface area contributed by atoms with Gasteiger partial charge in [-0.2, -0.15) is 0 Å². The molecule has 2 aromatic rings. The summed E-state index contributed by atoms with van der Waals surface area (Å²) >= 11 is 0. The smallest absolute Gasteiger partial charge is 0.253 e. The van der Waals surface area contributed by atoms with Gasteiger partial charge in [0.15, 0.2) is 11.5 Å². The number of amides is 1. The number of methoxy groups -OCH3 is 3. The highest BCUT2D eigenvalue weighted by Gasteiger charge is 2.14. The third kappa shape index (κ3) is 3.82. The van der Waals surface area contributed by atoms with Gasteiger partial charge in [-0.3, -0.25) is 4.79 Å². The van der Waals surface area contributed by atoms with Gasteiger partial charge < -0.3 is 25.3 Å². The normalized spacial score (nSPS) is 10.0. The highest BCUT2D eigenvalue weighted by Crippen LogP contribution is 2.38. The molecule has 0 saturated heterocycles. The van der Waals surface area contributed by atoms with Crippen LogP contribution in [0.3, 0.4) is 0 Å². The second-order valence-corrected chi connectivity index (χ2v) is 4.69. The molecule has 1 aromatic carbocycles. The molecule has 0 unspecified atom stereocenters. The highest BCUT2D eigenvalue weighted by molar-refractivity contribution is 5.93. The third-order valence-corrected chi connectivity index (χ3v) is 3.23. The van der Waals surface area contributed by atoms with Crippen LogP contribution in [0.4, 0.5) is 5.82 Å². The first kappa shape index (κ1) is 16.4. The summed E-state index contributed by atoms with van der Waals surface area (Å²) in [6.07, 6.45) is 1.43. The van der Waals surface area contributed by atoms with Crippen molar-refractivity contribution in [2.75, 3.05) is 27.1 Å². The van der Waals surface area contributed by atoms with Crippen LogP contribution in [-0.2, 0) is 6.54 Å². The van der Waals surface area contributed by atoms with Gasteiger partial charge in [-0.25, -0.2) is 4.98 Å². The molecule has 7 heteroatoms. The maximum Gasteiger partial charge on any atom is 0.253 e. The first-order chi connectivity index (χ1) is 11.1. The van der Waals surface area contributed by atoms with Crippen molar-refractivity contribution in [2.24, 2.45) is 0 Å². The van der Waals surface area contributed by atoms with Crippen molar-refractivity contribution in [1.82, 2.24) is 10.3 Å². The number of hydrogen-bond acceptors (Lipinski definition) is 6. The van der Waals surface area contributed by atoms with Crippen LogP contribution in [0.5, 0.6) is 17.2 Å². The zero-order valence-electron chi connectivity index (χ0n) is 13.3. The number of hydrogen-bond donors (Lipinski definition) is 2. The Bertz CT molecular complexity index is 661. The molecule has 0 aliphatic heterocycles. The molecule has 0 spiro atoms. The highest BCUT2D eigenvalue weighted by atomic mass is 16.5. The molecule has 0 saturated carbocycles. The van der Waals surface area contributed by atoms with Crippen LogP contribution in [0.1, 0.15) is 15.9 Å². The lowest BCUT2D eigenvalue weighted by Gasteiger charge is -2.14. The van der Waals surface area contributed by atoms with Gasteiger partial charge in [0.25, 0.3) is 5.91 Å². The molecule has 23 heavy (non-hydrogen) atoms. The van der Waals surface area contributed by atoms with Crippen LogP contribution in [-0.4, -0.2) is 32.2 Å². The van der Waals surface area contributed by atoms with Crippen molar-refractivity contribution in [3.63, 3.8) is 0 Å². The molecular weight excluding hydrogens is 298 g/mol. The lowest BCUT2D eigenvalue weighted by molar-refractivity contribution is 0.0950. The molecule has 1 amide bonds. The molecule has 0 fully saturated rings. The van der Waals surface area contributed by atoms with E-state index < -0.39 is 0 Å². The second-order valence-electron chi connectivity index (χ2n) is 4.69. The molecule has 0 atom stereocenters. The first-order valence-electron chi connectivity index (χ1n) is 6.87. The molecular formula is C16H19N3O4. The van der Waals surface area contributed by atoms with E-state index in [4.69, 9.17) is 19.9 Å². The topological polar surface area (TPSA) is 95.7 Å². The summed E-state index contributed by atoms with van der Waals surface area (Å²) < 4.78 is 15.8. The number of nitrogen functional groups attached to an aromatic ring is 1. The summed E-state index contributed by atoms with van der Waals surface area (Å²) in [6.45, 7) is 0.305. The van der Waals surface area contributed by atoms with Crippen molar-refractivity contribution >= 4 is 11.7 Å². The average molecular weight is 317 g/mol. The van der Waals surface area contributed by atoms with Crippen LogP contribution in [0, 0.1) is 0 Å².